The highest BCUT2D eigenvalue weighted by atomic mass is 35.5. The molecule has 2 aromatic carbocycles. The van der Waals surface area contributed by atoms with Gasteiger partial charge in [0.25, 0.3) is 0 Å². The molecular weight excluding hydrogens is 426 g/mol. The van der Waals surface area contributed by atoms with Gasteiger partial charge in [0, 0.05) is 22.8 Å². The Bertz CT molecular complexity index is 1030. The minimum atomic E-state index is -1.59. The molecule has 0 saturated heterocycles. The van der Waals surface area contributed by atoms with Gasteiger partial charge in [-0.15, -0.1) is 0 Å². The normalized spacial score (nSPS) is 12.0. The van der Waals surface area contributed by atoms with Gasteiger partial charge < -0.3 is 20.3 Å². The van der Waals surface area contributed by atoms with E-state index in [0.29, 0.717) is 23.2 Å². The fourth-order valence-electron chi connectivity index (χ4n) is 3.13. The number of hydrogen-bond donors (Lipinski definition) is 3. The second-order valence-electron chi connectivity index (χ2n) is 8.89. The molecule has 1 aromatic heterocycles. The lowest BCUT2D eigenvalue weighted by atomic mass is 10.1. The first-order valence-corrected chi connectivity index (χ1v) is 11.2. The number of aliphatic hydroxyl groups excluding tert-OH is 1. The van der Waals surface area contributed by atoms with Crippen molar-refractivity contribution in [3.63, 3.8) is 0 Å². The first-order valence-electron chi connectivity index (χ1n) is 10.8. The number of rotatable bonds is 10. The van der Waals surface area contributed by atoms with E-state index in [2.05, 4.69) is 31.3 Å². The minimum absolute atomic E-state index is 0.151. The lowest BCUT2D eigenvalue weighted by Crippen LogP contribution is -2.38. The van der Waals surface area contributed by atoms with Crippen molar-refractivity contribution in [3.05, 3.63) is 70.9 Å². The van der Waals surface area contributed by atoms with Gasteiger partial charge in [-0.25, -0.2) is 0 Å². The van der Waals surface area contributed by atoms with Crippen LogP contribution in [0, 0.1) is 5.92 Å². The van der Waals surface area contributed by atoms with Crippen molar-refractivity contribution in [1.29, 1.82) is 0 Å². The summed E-state index contributed by atoms with van der Waals surface area (Å²) >= 11 is 6.40. The maximum Gasteiger partial charge on any atom is 0.180 e. The fourth-order valence-corrected chi connectivity index (χ4v) is 3.32. The smallest absolute Gasteiger partial charge is 0.180 e. The van der Waals surface area contributed by atoms with E-state index in [-0.39, 0.29) is 6.61 Å². The number of ether oxygens (including phenoxy) is 1. The second-order valence-corrected chi connectivity index (χ2v) is 9.30. The second kappa shape index (κ2) is 10.5. The third kappa shape index (κ3) is 6.33. The van der Waals surface area contributed by atoms with Crippen LogP contribution in [0.2, 0.25) is 5.02 Å². The van der Waals surface area contributed by atoms with Crippen LogP contribution in [0.3, 0.4) is 0 Å². The highest BCUT2D eigenvalue weighted by Gasteiger charge is 2.27. The van der Waals surface area contributed by atoms with E-state index in [9.17, 15) is 10.2 Å². The molecule has 0 aliphatic heterocycles. The number of nitrogens with one attached hydrogen (secondary N) is 1. The fraction of sp³-hybridized carbons (Fsp3) is 0.400. The highest BCUT2D eigenvalue weighted by Crippen LogP contribution is 2.27. The molecule has 6 nitrogen and oxygen atoms in total. The van der Waals surface area contributed by atoms with E-state index in [1.165, 1.54) is 0 Å². The van der Waals surface area contributed by atoms with Crippen molar-refractivity contribution in [2.75, 3.05) is 11.9 Å². The van der Waals surface area contributed by atoms with Crippen molar-refractivity contribution in [2.24, 2.45) is 5.92 Å². The molecule has 3 N–H and O–H groups in total. The van der Waals surface area contributed by atoms with Crippen LogP contribution in [0.5, 0.6) is 0 Å². The van der Waals surface area contributed by atoms with Crippen molar-refractivity contribution in [3.8, 4) is 11.3 Å². The van der Waals surface area contributed by atoms with Crippen LogP contribution in [0.15, 0.2) is 54.6 Å². The molecule has 0 unspecified atom stereocenters. The van der Waals surface area contributed by atoms with E-state index in [1.807, 2.05) is 47.1 Å². The molecule has 1 heterocycles. The Hall–Kier alpha value is -2.38. The van der Waals surface area contributed by atoms with E-state index in [0.717, 1.165) is 29.1 Å². The molecule has 0 saturated carbocycles. The van der Waals surface area contributed by atoms with Gasteiger partial charge in [0.15, 0.2) is 6.29 Å². The summed E-state index contributed by atoms with van der Waals surface area (Å²) in [5, 5.41) is 27.9. The molecule has 0 aliphatic carbocycles. The number of aromatic nitrogens is 2. The summed E-state index contributed by atoms with van der Waals surface area (Å²) in [6.45, 7) is 9.15. The molecule has 172 valence electrons. The molecule has 32 heavy (non-hydrogen) atoms. The molecule has 3 rings (SSSR count). The summed E-state index contributed by atoms with van der Waals surface area (Å²) in [5.41, 5.74) is 3.55. The van der Waals surface area contributed by atoms with Crippen LogP contribution in [0.25, 0.3) is 11.3 Å². The molecular formula is C25H32ClN3O3. The predicted octanol–water partition coefficient (Wildman–Crippen LogP) is 4.93. The quantitative estimate of drug-likeness (QED) is 0.376. The van der Waals surface area contributed by atoms with Crippen LogP contribution in [0.4, 0.5) is 5.69 Å². The Kier molecular flexibility index (Phi) is 7.96. The predicted molar refractivity (Wildman–Crippen MR) is 129 cm³/mol. The largest absolute Gasteiger partial charge is 0.385 e. The van der Waals surface area contributed by atoms with E-state index < -0.39 is 11.9 Å². The minimum Gasteiger partial charge on any atom is -0.385 e. The van der Waals surface area contributed by atoms with E-state index in [1.54, 1.807) is 13.8 Å². The van der Waals surface area contributed by atoms with Gasteiger partial charge in [0.1, 0.15) is 5.60 Å². The molecule has 0 aliphatic rings. The molecule has 3 aromatic rings. The van der Waals surface area contributed by atoms with E-state index in [4.69, 9.17) is 21.4 Å². The molecule has 0 radical (unpaired) electrons. The van der Waals surface area contributed by atoms with Gasteiger partial charge >= 0.3 is 0 Å². The SMILES string of the molecule is CC(C)CNc1cccc(-c2cc(COC(C)(C)C(O)O)nn2Cc2ccccc2Cl)c1. The van der Waals surface area contributed by atoms with Gasteiger partial charge in [-0.1, -0.05) is 55.8 Å². The highest BCUT2D eigenvalue weighted by molar-refractivity contribution is 6.31. The lowest BCUT2D eigenvalue weighted by molar-refractivity contribution is -0.197. The number of aliphatic hydroxyl groups is 2. The number of halogens is 1. The maximum atomic E-state index is 9.52. The summed E-state index contributed by atoms with van der Waals surface area (Å²) in [6.07, 6.45) is -1.59. The van der Waals surface area contributed by atoms with Gasteiger partial charge in [-0.2, -0.15) is 5.10 Å². The zero-order chi connectivity index (χ0) is 23.3. The molecule has 0 amide bonds. The monoisotopic (exact) mass is 457 g/mol. The molecule has 0 atom stereocenters. The Labute approximate surface area is 194 Å². The number of hydrogen-bond acceptors (Lipinski definition) is 5. The maximum absolute atomic E-state index is 9.52. The third-order valence-electron chi connectivity index (χ3n) is 5.20. The van der Waals surface area contributed by atoms with Gasteiger partial charge in [-0.3, -0.25) is 4.68 Å². The average Bonchev–Trinajstić information content (AvgIpc) is 3.15. The molecule has 0 fully saturated rings. The zero-order valence-electron chi connectivity index (χ0n) is 19.0. The van der Waals surface area contributed by atoms with Crippen LogP contribution in [-0.4, -0.2) is 38.4 Å². The zero-order valence-corrected chi connectivity index (χ0v) is 19.8. The van der Waals surface area contributed by atoms with Gasteiger partial charge in [0.05, 0.1) is 24.5 Å². The van der Waals surface area contributed by atoms with Crippen LogP contribution >= 0.6 is 11.6 Å². The summed E-state index contributed by atoms with van der Waals surface area (Å²) in [5.74, 6) is 0.540. The Morgan fingerprint density at radius 2 is 1.84 bits per heavy atom. The summed E-state index contributed by atoms with van der Waals surface area (Å²) in [7, 11) is 0. The first kappa shape index (κ1) is 24.3. The molecule has 0 bridgehead atoms. The molecule has 7 heteroatoms. The van der Waals surface area contributed by atoms with E-state index >= 15 is 0 Å². The standard InChI is InChI=1S/C25H32ClN3O3/c1-17(2)14-27-20-10-7-9-18(12-20)23-13-21(16-32-25(3,4)24(30)31)28-29(23)15-19-8-5-6-11-22(19)26/h5-13,17,24,27,30-31H,14-16H2,1-4H3. The number of nitrogens with zero attached hydrogens (tertiary/aromatic N) is 2. The topological polar surface area (TPSA) is 79.5 Å². The summed E-state index contributed by atoms with van der Waals surface area (Å²) < 4.78 is 7.64. The van der Waals surface area contributed by atoms with Crippen molar-refractivity contribution >= 4 is 17.3 Å². The summed E-state index contributed by atoms with van der Waals surface area (Å²) in [4.78, 5) is 0. The van der Waals surface area contributed by atoms with Crippen molar-refractivity contribution in [1.82, 2.24) is 9.78 Å². The van der Waals surface area contributed by atoms with Crippen molar-refractivity contribution < 1.29 is 14.9 Å². The van der Waals surface area contributed by atoms with Crippen LogP contribution in [0.1, 0.15) is 39.0 Å². The van der Waals surface area contributed by atoms with Gasteiger partial charge in [-0.05, 0) is 49.6 Å². The van der Waals surface area contributed by atoms with Crippen LogP contribution in [-0.2, 0) is 17.9 Å². The number of anilines is 1. The Balaban J connectivity index is 1.93. The summed E-state index contributed by atoms with van der Waals surface area (Å²) in [6, 6.07) is 17.9. The molecule has 0 spiro atoms. The lowest BCUT2D eigenvalue weighted by Gasteiger charge is -2.26. The average molecular weight is 458 g/mol. The van der Waals surface area contributed by atoms with Crippen LogP contribution < -0.4 is 5.32 Å². The Morgan fingerprint density at radius 1 is 1.09 bits per heavy atom. The Morgan fingerprint density at radius 3 is 2.53 bits per heavy atom. The third-order valence-corrected chi connectivity index (χ3v) is 5.56. The number of benzene rings is 2. The van der Waals surface area contributed by atoms with Gasteiger partial charge in [0.2, 0.25) is 0 Å². The van der Waals surface area contributed by atoms with Crippen molar-refractivity contribution in [2.45, 2.75) is 52.7 Å². The first-order chi connectivity index (χ1) is 15.2.